The van der Waals surface area contributed by atoms with E-state index < -0.39 is 10.0 Å². The zero-order valence-corrected chi connectivity index (χ0v) is 14.7. The van der Waals surface area contributed by atoms with Gasteiger partial charge < -0.3 is 0 Å². The molecule has 2 aromatic rings. The molecule has 2 heterocycles. The maximum atomic E-state index is 12.1. The van der Waals surface area contributed by atoms with Crippen LogP contribution in [0.1, 0.15) is 17.0 Å². The van der Waals surface area contributed by atoms with Crippen molar-refractivity contribution in [1.82, 2.24) is 14.5 Å². The molecule has 1 N–H and O–H groups in total. The van der Waals surface area contributed by atoms with Gasteiger partial charge in [-0.1, -0.05) is 0 Å². The van der Waals surface area contributed by atoms with Crippen LogP contribution in [0.5, 0.6) is 0 Å². The highest BCUT2D eigenvalue weighted by atomic mass is 79.9. The molecule has 0 aromatic carbocycles. The van der Waals surface area contributed by atoms with Gasteiger partial charge in [-0.2, -0.15) is 5.10 Å². The van der Waals surface area contributed by atoms with E-state index in [-0.39, 0.29) is 0 Å². The van der Waals surface area contributed by atoms with Crippen molar-refractivity contribution < 1.29 is 8.42 Å². The molecule has 0 aliphatic carbocycles. The number of nitrogens with one attached hydrogen (secondary N) is 1. The predicted octanol–water partition coefficient (Wildman–Crippen LogP) is 2.38. The zero-order valence-electron chi connectivity index (χ0n) is 11.5. The van der Waals surface area contributed by atoms with E-state index >= 15 is 0 Å². The number of aryl methyl sites for hydroxylation is 2. The molecule has 0 unspecified atom stereocenters. The molecule has 0 atom stereocenters. The van der Waals surface area contributed by atoms with E-state index in [0.717, 1.165) is 20.7 Å². The Morgan fingerprint density at radius 1 is 1.40 bits per heavy atom. The van der Waals surface area contributed by atoms with Crippen molar-refractivity contribution in [3.63, 3.8) is 0 Å². The number of halogens is 1. The Hall–Kier alpha value is -0.700. The molecule has 0 bridgehead atoms. The summed E-state index contributed by atoms with van der Waals surface area (Å²) in [5.74, 6) is 0. The van der Waals surface area contributed by atoms with Gasteiger partial charge in [0.1, 0.15) is 4.21 Å². The molecule has 8 heteroatoms. The molecule has 2 rings (SSSR count). The first-order valence-electron chi connectivity index (χ1n) is 6.05. The predicted molar refractivity (Wildman–Crippen MR) is 83.6 cm³/mol. The Bertz CT molecular complexity index is 719. The van der Waals surface area contributed by atoms with Crippen molar-refractivity contribution in [1.29, 1.82) is 0 Å². The molecule has 0 saturated heterocycles. The number of thiophene rings is 1. The first-order chi connectivity index (χ1) is 9.31. The van der Waals surface area contributed by atoms with Crippen LogP contribution >= 0.6 is 27.3 Å². The molecule has 0 aliphatic heterocycles. The number of hydrogen-bond donors (Lipinski definition) is 1. The van der Waals surface area contributed by atoms with E-state index in [2.05, 4.69) is 25.8 Å². The Kier molecular flexibility index (Phi) is 4.68. The minimum absolute atomic E-state index is 0.323. The van der Waals surface area contributed by atoms with Crippen LogP contribution < -0.4 is 4.72 Å². The van der Waals surface area contributed by atoms with Crippen LogP contribution in [0.15, 0.2) is 20.1 Å². The van der Waals surface area contributed by atoms with Gasteiger partial charge >= 0.3 is 0 Å². The first-order valence-corrected chi connectivity index (χ1v) is 9.14. The van der Waals surface area contributed by atoms with E-state index in [4.69, 9.17) is 0 Å². The average molecular weight is 378 g/mol. The van der Waals surface area contributed by atoms with Crippen molar-refractivity contribution in [2.24, 2.45) is 7.05 Å². The van der Waals surface area contributed by atoms with Crippen LogP contribution in [-0.2, 0) is 23.5 Å². The Labute approximate surface area is 131 Å². The van der Waals surface area contributed by atoms with Crippen LogP contribution in [-0.4, -0.2) is 24.7 Å². The van der Waals surface area contributed by atoms with Crippen molar-refractivity contribution in [3.8, 4) is 0 Å². The monoisotopic (exact) mass is 377 g/mol. The number of rotatable bonds is 5. The minimum atomic E-state index is -3.42. The second-order valence-corrected chi connectivity index (χ2v) is 8.94. The molecule has 2 aromatic heterocycles. The second kappa shape index (κ2) is 5.97. The SMILES string of the molecule is Cc1nn(C)c(C)c1CCNS(=O)(=O)c1ccc(Br)s1. The molecule has 0 saturated carbocycles. The maximum Gasteiger partial charge on any atom is 0.250 e. The van der Waals surface area contributed by atoms with E-state index in [1.54, 1.807) is 12.1 Å². The normalized spacial score (nSPS) is 12.0. The molecular weight excluding hydrogens is 362 g/mol. The van der Waals surface area contributed by atoms with Gasteiger partial charge in [0, 0.05) is 19.3 Å². The molecule has 0 aliphatic rings. The molecule has 0 amide bonds. The standard InChI is InChI=1S/C12H16BrN3O2S2/c1-8-10(9(2)16(3)15-8)6-7-14-20(17,18)12-5-4-11(13)19-12/h4-5,14H,6-7H2,1-3H3. The molecule has 110 valence electrons. The third kappa shape index (κ3) is 3.30. The molecule has 0 fully saturated rings. The lowest BCUT2D eigenvalue weighted by molar-refractivity contribution is 0.583. The van der Waals surface area contributed by atoms with Crippen molar-refractivity contribution in [2.75, 3.05) is 6.54 Å². The van der Waals surface area contributed by atoms with E-state index in [0.29, 0.717) is 17.2 Å². The first kappa shape index (κ1) is 15.7. The summed E-state index contributed by atoms with van der Waals surface area (Å²) in [6, 6.07) is 3.33. The van der Waals surface area contributed by atoms with Gasteiger partial charge in [-0.25, -0.2) is 13.1 Å². The summed E-state index contributed by atoms with van der Waals surface area (Å²) in [5.41, 5.74) is 3.12. The maximum absolute atomic E-state index is 12.1. The second-order valence-electron chi connectivity index (χ2n) is 4.48. The van der Waals surface area contributed by atoms with Gasteiger partial charge in [-0.05, 0) is 53.9 Å². The van der Waals surface area contributed by atoms with Gasteiger partial charge in [0.2, 0.25) is 10.0 Å². The third-order valence-corrected chi connectivity index (χ3v) is 6.72. The van der Waals surface area contributed by atoms with Gasteiger partial charge in [0.25, 0.3) is 0 Å². The highest BCUT2D eigenvalue weighted by Gasteiger charge is 2.17. The minimum Gasteiger partial charge on any atom is -0.272 e. The summed E-state index contributed by atoms with van der Waals surface area (Å²) in [6.45, 7) is 4.29. The highest BCUT2D eigenvalue weighted by Crippen LogP contribution is 2.25. The summed E-state index contributed by atoms with van der Waals surface area (Å²) in [6.07, 6.45) is 0.636. The van der Waals surface area contributed by atoms with Crippen LogP contribution in [0.2, 0.25) is 0 Å². The fourth-order valence-corrected chi connectivity index (χ4v) is 5.09. The fraction of sp³-hybridized carbons (Fsp3) is 0.417. The molecule has 0 radical (unpaired) electrons. The number of sulfonamides is 1. The van der Waals surface area contributed by atoms with Crippen molar-refractivity contribution in [2.45, 2.75) is 24.5 Å². The number of nitrogens with zero attached hydrogens (tertiary/aromatic N) is 2. The quantitative estimate of drug-likeness (QED) is 0.869. The van der Waals surface area contributed by atoms with E-state index in [1.807, 2.05) is 25.6 Å². The summed E-state index contributed by atoms with van der Waals surface area (Å²) in [7, 11) is -1.53. The van der Waals surface area contributed by atoms with Crippen LogP contribution in [0.4, 0.5) is 0 Å². The Morgan fingerprint density at radius 3 is 2.60 bits per heavy atom. The Morgan fingerprint density at radius 2 is 2.10 bits per heavy atom. The number of aromatic nitrogens is 2. The smallest absolute Gasteiger partial charge is 0.250 e. The van der Waals surface area contributed by atoms with Gasteiger partial charge in [-0.15, -0.1) is 11.3 Å². The van der Waals surface area contributed by atoms with E-state index in [9.17, 15) is 8.42 Å². The largest absolute Gasteiger partial charge is 0.272 e. The molecule has 20 heavy (non-hydrogen) atoms. The van der Waals surface area contributed by atoms with Gasteiger partial charge in [0.05, 0.1) is 9.48 Å². The topological polar surface area (TPSA) is 64.0 Å². The van der Waals surface area contributed by atoms with E-state index in [1.165, 1.54) is 11.3 Å². The summed E-state index contributed by atoms with van der Waals surface area (Å²) in [5, 5.41) is 4.32. The van der Waals surface area contributed by atoms with Gasteiger partial charge in [0.15, 0.2) is 0 Å². The molecular formula is C12H16BrN3O2S2. The van der Waals surface area contributed by atoms with Crippen LogP contribution in [0.25, 0.3) is 0 Å². The van der Waals surface area contributed by atoms with Crippen molar-refractivity contribution >= 4 is 37.3 Å². The molecule has 0 spiro atoms. The summed E-state index contributed by atoms with van der Waals surface area (Å²) >= 11 is 4.47. The zero-order chi connectivity index (χ0) is 14.9. The summed E-state index contributed by atoms with van der Waals surface area (Å²) < 4.78 is 29.7. The number of hydrogen-bond acceptors (Lipinski definition) is 4. The van der Waals surface area contributed by atoms with Crippen LogP contribution in [0.3, 0.4) is 0 Å². The van der Waals surface area contributed by atoms with Crippen molar-refractivity contribution in [3.05, 3.63) is 32.9 Å². The lowest BCUT2D eigenvalue weighted by Gasteiger charge is -2.05. The molecule has 5 nitrogen and oxygen atoms in total. The average Bonchev–Trinajstić information content (AvgIpc) is 2.89. The van der Waals surface area contributed by atoms with Crippen LogP contribution in [0, 0.1) is 13.8 Å². The Balaban J connectivity index is 2.03. The third-order valence-electron chi connectivity index (χ3n) is 3.14. The lowest BCUT2D eigenvalue weighted by Crippen LogP contribution is -2.25. The fourth-order valence-electron chi connectivity index (χ4n) is 2.00. The summed E-state index contributed by atoms with van der Waals surface area (Å²) in [4.78, 5) is 0. The highest BCUT2D eigenvalue weighted by molar-refractivity contribution is 9.11. The van der Waals surface area contributed by atoms with Gasteiger partial charge in [-0.3, -0.25) is 4.68 Å². The lowest BCUT2D eigenvalue weighted by atomic mass is 10.1.